The number of rotatable bonds is 5. The molecule has 0 radical (unpaired) electrons. The van der Waals surface area contributed by atoms with Crippen molar-refractivity contribution in [1.29, 1.82) is 0 Å². The first-order valence-electron chi connectivity index (χ1n) is 6.84. The molecule has 0 amide bonds. The van der Waals surface area contributed by atoms with E-state index in [2.05, 4.69) is 21.2 Å². The number of halogens is 1. The summed E-state index contributed by atoms with van der Waals surface area (Å²) in [5.74, 6) is 0.818. The third kappa shape index (κ3) is 4.20. The molecule has 0 aliphatic heterocycles. The summed E-state index contributed by atoms with van der Waals surface area (Å²) in [6.45, 7) is 0.879. The quantitative estimate of drug-likeness (QED) is 0.628. The molecule has 19 heavy (non-hydrogen) atoms. The highest BCUT2D eigenvalue weighted by molar-refractivity contribution is 9.10. The highest BCUT2D eigenvalue weighted by Gasteiger charge is 2.13. The van der Waals surface area contributed by atoms with Crippen LogP contribution >= 0.6 is 15.9 Å². The SMILES string of the molecule is O=[N+]([O-])c1ccc(Br)c(NCCC2CCCCC2)c1. The van der Waals surface area contributed by atoms with Gasteiger partial charge in [0.05, 0.1) is 10.6 Å². The summed E-state index contributed by atoms with van der Waals surface area (Å²) in [5, 5.41) is 14.1. The Morgan fingerprint density at radius 3 is 2.74 bits per heavy atom. The zero-order valence-electron chi connectivity index (χ0n) is 10.9. The molecule has 0 aromatic heterocycles. The number of non-ortho nitro benzene ring substituents is 1. The number of nitro benzene ring substituents is 1. The lowest BCUT2D eigenvalue weighted by molar-refractivity contribution is -0.384. The summed E-state index contributed by atoms with van der Waals surface area (Å²) < 4.78 is 0.877. The monoisotopic (exact) mass is 326 g/mol. The van der Waals surface area contributed by atoms with Gasteiger partial charge >= 0.3 is 0 Å². The molecular weight excluding hydrogens is 308 g/mol. The fourth-order valence-corrected chi connectivity index (χ4v) is 3.04. The molecule has 2 rings (SSSR count). The van der Waals surface area contributed by atoms with E-state index in [4.69, 9.17) is 0 Å². The largest absolute Gasteiger partial charge is 0.384 e. The molecule has 1 fully saturated rings. The molecule has 0 saturated heterocycles. The van der Waals surface area contributed by atoms with E-state index in [-0.39, 0.29) is 10.6 Å². The molecule has 1 aliphatic carbocycles. The predicted octanol–water partition coefficient (Wildman–Crippen LogP) is 4.74. The zero-order valence-corrected chi connectivity index (χ0v) is 12.5. The Morgan fingerprint density at radius 2 is 2.05 bits per heavy atom. The van der Waals surface area contributed by atoms with Gasteiger partial charge in [-0.15, -0.1) is 0 Å². The van der Waals surface area contributed by atoms with Gasteiger partial charge in [0.25, 0.3) is 5.69 Å². The van der Waals surface area contributed by atoms with Gasteiger partial charge in [0, 0.05) is 23.2 Å². The molecule has 1 aromatic rings. The Kier molecular flexibility index (Phi) is 5.19. The molecule has 1 aliphatic rings. The third-order valence-corrected chi connectivity index (χ3v) is 4.45. The van der Waals surface area contributed by atoms with E-state index >= 15 is 0 Å². The van der Waals surface area contributed by atoms with Gasteiger partial charge in [0.2, 0.25) is 0 Å². The zero-order chi connectivity index (χ0) is 13.7. The molecule has 0 bridgehead atoms. The van der Waals surface area contributed by atoms with Gasteiger partial charge in [-0.05, 0) is 34.3 Å². The van der Waals surface area contributed by atoms with Gasteiger partial charge in [-0.25, -0.2) is 0 Å². The number of benzene rings is 1. The van der Waals surface area contributed by atoms with Crippen LogP contribution in [0.3, 0.4) is 0 Å². The first-order valence-corrected chi connectivity index (χ1v) is 7.64. The van der Waals surface area contributed by atoms with Crippen LogP contribution in [0.4, 0.5) is 11.4 Å². The van der Waals surface area contributed by atoms with Crippen molar-refractivity contribution in [1.82, 2.24) is 0 Å². The minimum atomic E-state index is -0.362. The standard InChI is InChI=1S/C14H19BrN2O2/c15-13-7-6-12(17(18)19)10-14(13)16-9-8-11-4-2-1-3-5-11/h6-7,10-11,16H,1-5,8-9H2. The van der Waals surface area contributed by atoms with Crippen LogP contribution in [0.5, 0.6) is 0 Å². The van der Waals surface area contributed by atoms with Gasteiger partial charge in [-0.2, -0.15) is 0 Å². The van der Waals surface area contributed by atoms with Crippen LogP contribution < -0.4 is 5.32 Å². The Bertz CT molecular complexity index is 445. The summed E-state index contributed by atoms with van der Waals surface area (Å²) in [4.78, 5) is 10.4. The average molecular weight is 327 g/mol. The highest BCUT2D eigenvalue weighted by atomic mass is 79.9. The molecule has 0 unspecified atom stereocenters. The van der Waals surface area contributed by atoms with E-state index in [1.165, 1.54) is 38.2 Å². The fourth-order valence-electron chi connectivity index (χ4n) is 2.65. The van der Waals surface area contributed by atoms with Crippen molar-refractivity contribution in [2.75, 3.05) is 11.9 Å². The van der Waals surface area contributed by atoms with Gasteiger partial charge in [0.15, 0.2) is 0 Å². The highest BCUT2D eigenvalue weighted by Crippen LogP contribution is 2.29. The molecular formula is C14H19BrN2O2. The first kappa shape index (κ1) is 14.3. The summed E-state index contributed by atoms with van der Waals surface area (Å²) in [5.41, 5.74) is 0.938. The van der Waals surface area contributed by atoms with Gasteiger partial charge < -0.3 is 5.32 Å². The van der Waals surface area contributed by atoms with Crippen molar-refractivity contribution in [2.24, 2.45) is 5.92 Å². The van der Waals surface area contributed by atoms with Gasteiger partial charge in [-0.1, -0.05) is 32.1 Å². The maximum absolute atomic E-state index is 10.7. The van der Waals surface area contributed by atoms with Crippen LogP contribution in [0.2, 0.25) is 0 Å². The molecule has 0 atom stereocenters. The Labute approximate surface area is 121 Å². The van der Waals surface area contributed by atoms with Crippen molar-refractivity contribution in [2.45, 2.75) is 38.5 Å². The first-order chi connectivity index (χ1) is 9.16. The lowest BCUT2D eigenvalue weighted by Gasteiger charge is -2.21. The molecule has 5 heteroatoms. The average Bonchev–Trinajstić information content (AvgIpc) is 2.42. The second-order valence-electron chi connectivity index (χ2n) is 5.14. The molecule has 1 aromatic carbocycles. The molecule has 0 heterocycles. The smallest absolute Gasteiger partial charge is 0.271 e. The van der Waals surface area contributed by atoms with Gasteiger partial charge in [-0.3, -0.25) is 10.1 Å². The summed E-state index contributed by atoms with van der Waals surface area (Å²) >= 11 is 3.42. The molecule has 1 N–H and O–H groups in total. The summed E-state index contributed by atoms with van der Waals surface area (Å²) in [7, 11) is 0. The van der Waals surface area contributed by atoms with E-state index in [0.717, 1.165) is 29.0 Å². The minimum absolute atomic E-state index is 0.128. The Morgan fingerprint density at radius 1 is 1.32 bits per heavy atom. The van der Waals surface area contributed by atoms with Crippen molar-refractivity contribution in [3.05, 3.63) is 32.8 Å². The third-order valence-electron chi connectivity index (χ3n) is 3.75. The number of hydrogen-bond donors (Lipinski definition) is 1. The maximum Gasteiger partial charge on any atom is 0.271 e. The molecule has 4 nitrogen and oxygen atoms in total. The number of nitrogens with one attached hydrogen (secondary N) is 1. The lowest BCUT2D eigenvalue weighted by Crippen LogP contribution is -2.12. The van der Waals surface area contributed by atoms with Crippen LogP contribution in [0, 0.1) is 16.0 Å². The van der Waals surface area contributed by atoms with E-state index in [1.807, 2.05) is 0 Å². The van der Waals surface area contributed by atoms with Crippen LogP contribution in [0.25, 0.3) is 0 Å². The molecule has 104 valence electrons. The van der Waals surface area contributed by atoms with E-state index in [1.54, 1.807) is 12.1 Å². The molecule has 0 spiro atoms. The normalized spacial score (nSPS) is 16.3. The van der Waals surface area contributed by atoms with E-state index < -0.39 is 0 Å². The minimum Gasteiger partial charge on any atom is -0.384 e. The molecule has 1 saturated carbocycles. The number of nitro groups is 1. The topological polar surface area (TPSA) is 55.2 Å². The van der Waals surface area contributed by atoms with Gasteiger partial charge in [0.1, 0.15) is 0 Å². The second-order valence-corrected chi connectivity index (χ2v) is 6.00. The number of nitrogens with zero attached hydrogens (tertiary/aromatic N) is 1. The lowest BCUT2D eigenvalue weighted by atomic mass is 9.87. The predicted molar refractivity (Wildman–Crippen MR) is 80.5 cm³/mol. The van der Waals surface area contributed by atoms with Crippen molar-refractivity contribution in [3.63, 3.8) is 0 Å². The number of anilines is 1. The van der Waals surface area contributed by atoms with E-state index in [9.17, 15) is 10.1 Å². The number of hydrogen-bond acceptors (Lipinski definition) is 3. The summed E-state index contributed by atoms with van der Waals surface area (Å²) in [6.07, 6.45) is 7.89. The summed E-state index contributed by atoms with van der Waals surface area (Å²) in [6, 6.07) is 4.82. The van der Waals surface area contributed by atoms with Crippen LogP contribution in [-0.2, 0) is 0 Å². The fraction of sp³-hybridized carbons (Fsp3) is 0.571. The second kappa shape index (κ2) is 6.89. The van der Waals surface area contributed by atoms with E-state index in [0.29, 0.717) is 0 Å². The van der Waals surface area contributed by atoms with Crippen molar-refractivity contribution in [3.8, 4) is 0 Å². The maximum atomic E-state index is 10.7. The Balaban J connectivity index is 1.87. The van der Waals surface area contributed by atoms with Crippen LogP contribution in [-0.4, -0.2) is 11.5 Å². The Hall–Kier alpha value is -1.10. The van der Waals surface area contributed by atoms with Crippen LogP contribution in [0.1, 0.15) is 38.5 Å². The van der Waals surface area contributed by atoms with Crippen molar-refractivity contribution < 1.29 is 4.92 Å². The van der Waals surface area contributed by atoms with Crippen LogP contribution in [0.15, 0.2) is 22.7 Å². The van der Waals surface area contributed by atoms with Crippen molar-refractivity contribution >= 4 is 27.3 Å².